The summed E-state index contributed by atoms with van der Waals surface area (Å²) in [6, 6.07) is 5.86. The molecule has 1 aliphatic rings. The van der Waals surface area contributed by atoms with E-state index >= 15 is 0 Å². The Hall–Kier alpha value is -1.88. The fourth-order valence-electron chi connectivity index (χ4n) is 2.72. The SMILES string of the molecule is CCNCc1cc(C)ccc1N1CC(=O)NC(=O)C1CC. The van der Waals surface area contributed by atoms with Crippen molar-refractivity contribution in [3.05, 3.63) is 29.3 Å². The Morgan fingerprint density at radius 2 is 2.10 bits per heavy atom. The molecule has 1 heterocycles. The first kappa shape index (κ1) is 15.5. The van der Waals surface area contributed by atoms with Gasteiger partial charge in [-0.2, -0.15) is 0 Å². The van der Waals surface area contributed by atoms with E-state index in [-0.39, 0.29) is 24.4 Å². The largest absolute Gasteiger partial charge is 0.350 e. The minimum absolute atomic E-state index is 0.205. The Bertz CT molecular complexity index is 542. The number of piperazine rings is 1. The highest BCUT2D eigenvalue weighted by Crippen LogP contribution is 2.26. The number of benzene rings is 1. The van der Waals surface area contributed by atoms with E-state index in [9.17, 15) is 9.59 Å². The van der Waals surface area contributed by atoms with Gasteiger partial charge >= 0.3 is 0 Å². The van der Waals surface area contributed by atoms with Crippen LogP contribution in [-0.2, 0) is 16.1 Å². The maximum absolute atomic E-state index is 12.0. The van der Waals surface area contributed by atoms with E-state index in [0.717, 1.165) is 24.3 Å². The van der Waals surface area contributed by atoms with E-state index in [0.29, 0.717) is 6.42 Å². The molecule has 1 unspecified atom stereocenters. The summed E-state index contributed by atoms with van der Waals surface area (Å²) in [6.07, 6.45) is 0.674. The Morgan fingerprint density at radius 1 is 1.33 bits per heavy atom. The highest BCUT2D eigenvalue weighted by atomic mass is 16.2. The molecule has 1 atom stereocenters. The van der Waals surface area contributed by atoms with E-state index < -0.39 is 0 Å². The molecule has 2 rings (SSSR count). The number of aryl methyl sites for hydroxylation is 1. The van der Waals surface area contributed by atoms with Crippen LogP contribution in [0.4, 0.5) is 5.69 Å². The Balaban J connectivity index is 2.37. The Labute approximate surface area is 125 Å². The van der Waals surface area contributed by atoms with Crippen molar-refractivity contribution in [1.82, 2.24) is 10.6 Å². The Morgan fingerprint density at radius 3 is 2.76 bits per heavy atom. The van der Waals surface area contributed by atoms with Gasteiger partial charge in [0, 0.05) is 12.2 Å². The molecule has 1 aromatic rings. The number of rotatable bonds is 5. The third-order valence-corrected chi connectivity index (χ3v) is 3.75. The molecular weight excluding hydrogens is 266 g/mol. The molecule has 1 aromatic carbocycles. The zero-order chi connectivity index (χ0) is 15.4. The summed E-state index contributed by atoms with van der Waals surface area (Å²) >= 11 is 0. The number of carbonyl (C=O) groups is 2. The van der Waals surface area contributed by atoms with Gasteiger partial charge in [0.2, 0.25) is 11.8 Å². The number of hydrogen-bond acceptors (Lipinski definition) is 4. The van der Waals surface area contributed by atoms with Crippen LogP contribution in [0.2, 0.25) is 0 Å². The highest BCUT2D eigenvalue weighted by Gasteiger charge is 2.33. The summed E-state index contributed by atoms with van der Waals surface area (Å²) in [7, 11) is 0. The zero-order valence-electron chi connectivity index (χ0n) is 12.9. The van der Waals surface area contributed by atoms with Crippen LogP contribution in [-0.4, -0.2) is 30.9 Å². The van der Waals surface area contributed by atoms with E-state index in [1.165, 1.54) is 5.56 Å². The molecule has 1 fully saturated rings. The summed E-state index contributed by atoms with van der Waals surface area (Å²) in [5.74, 6) is -0.441. The second-order valence-electron chi connectivity index (χ2n) is 5.38. The van der Waals surface area contributed by atoms with Crippen molar-refractivity contribution in [2.45, 2.75) is 39.8 Å². The van der Waals surface area contributed by atoms with Crippen molar-refractivity contribution in [3.8, 4) is 0 Å². The van der Waals surface area contributed by atoms with Gasteiger partial charge in [0.15, 0.2) is 0 Å². The van der Waals surface area contributed by atoms with E-state index in [2.05, 4.69) is 23.6 Å². The molecule has 21 heavy (non-hydrogen) atoms. The summed E-state index contributed by atoms with van der Waals surface area (Å²) in [4.78, 5) is 25.7. The lowest BCUT2D eigenvalue weighted by molar-refractivity contribution is -0.132. The van der Waals surface area contributed by atoms with Gasteiger partial charge < -0.3 is 10.2 Å². The minimum Gasteiger partial charge on any atom is -0.350 e. The molecule has 1 saturated heterocycles. The monoisotopic (exact) mass is 289 g/mol. The van der Waals surface area contributed by atoms with E-state index in [4.69, 9.17) is 0 Å². The molecule has 2 N–H and O–H groups in total. The molecule has 0 bridgehead atoms. The second kappa shape index (κ2) is 6.72. The van der Waals surface area contributed by atoms with Crippen molar-refractivity contribution >= 4 is 17.5 Å². The molecule has 0 radical (unpaired) electrons. The van der Waals surface area contributed by atoms with E-state index in [1.54, 1.807) is 0 Å². The first-order valence-corrected chi connectivity index (χ1v) is 7.47. The number of hydrogen-bond donors (Lipinski definition) is 2. The predicted octanol–water partition coefficient (Wildman–Crippen LogP) is 1.35. The smallest absolute Gasteiger partial charge is 0.249 e. The van der Waals surface area contributed by atoms with Gasteiger partial charge in [0.05, 0.1) is 6.54 Å². The summed E-state index contributed by atoms with van der Waals surface area (Å²) in [5.41, 5.74) is 3.27. The maximum atomic E-state index is 12.0. The number of imide groups is 1. The van der Waals surface area contributed by atoms with E-state index in [1.807, 2.05) is 30.9 Å². The third kappa shape index (κ3) is 3.42. The van der Waals surface area contributed by atoms with Crippen LogP contribution >= 0.6 is 0 Å². The molecule has 0 aromatic heterocycles. The lowest BCUT2D eigenvalue weighted by atomic mass is 10.0. The number of anilines is 1. The first-order chi connectivity index (χ1) is 10.1. The predicted molar refractivity (Wildman–Crippen MR) is 83.1 cm³/mol. The average Bonchev–Trinajstić information content (AvgIpc) is 2.44. The summed E-state index contributed by atoms with van der Waals surface area (Å²) in [6.45, 7) is 7.91. The molecule has 0 aliphatic carbocycles. The third-order valence-electron chi connectivity index (χ3n) is 3.75. The van der Waals surface area contributed by atoms with Crippen molar-refractivity contribution in [3.63, 3.8) is 0 Å². The minimum atomic E-state index is -0.286. The second-order valence-corrected chi connectivity index (χ2v) is 5.38. The molecule has 1 aliphatic heterocycles. The summed E-state index contributed by atoms with van der Waals surface area (Å²) < 4.78 is 0. The Kier molecular flexibility index (Phi) is 4.96. The van der Waals surface area contributed by atoms with Crippen LogP contribution in [0.5, 0.6) is 0 Å². The molecule has 5 heteroatoms. The van der Waals surface area contributed by atoms with Gasteiger partial charge in [0.25, 0.3) is 0 Å². The van der Waals surface area contributed by atoms with Gasteiger partial charge in [0.1, 0.15) is 6.04 Å². The zero-order valence-corrected chi connectivity index (χ0v) is 12.9. The normalized spacial score (nSPS) is 18.8. The van der Waals surface area contributed by atoms with Crippen molar-refractivity contribution in [1.29, 1.82) is 0 Å². The molecular formula is C16H23N3O2. The molecule has 5 nitrogen and oxygen atoms in total. The maximum Gasteiger partial charge on any atom is 0.249 e. The van der Waals surface area contributed by atoms with Crippen LogP contribution in [0, 0.1) is 6.92 Å². The molecule has 114 valence electrons. The quantitative estimate of drug-likeness (QED) is 0.803. The van der Waals surface area contributed by atoms with Crippen LogP contribution in [0.1, 0.15) is 31.4 Å². The van der Waals surface area contributed by atoms with Gasteiger partial charge in [-0.15, -0.1) is 0 Å². The first-order valence-electron chi connectivity index (χ1n) is 7.47. The molecule has 2 amide bonds. The van der Waals surface area contributed by atoms with Crippen LogP contribution in [0.3, 0.4) is 0 Å². The van der Waals surface area contributed by atoms with Crippen molar-refractivity contribution in [2.24, 2.45) is 0 Å². The van der Waals surface area contributed by atoms with Gasteiger partial charge in [-0.1, -0.05) is 31.5 Å². The topological polar surface area (TPSA) is 61.4 Å². The molecule has 0 saturated carbocycles. The summed E-state index contributed by atoms with van der Waals surface area (Å²) in [5, 5.41) is 5.73. The van der Waals surface area contributed by atoms with Crippen LogP contribution in [0.15, 0.2) is 18.2 Å². The van der Waals surface area contributed by atoms with Crippen LogP contribution in [0.25, 0.3) is 0 Å². The number of carbonyl (C=O) groups excluding carboxylic acids is 2. The van der Waals surface area contributed by atoms with Crippen molar-refractivity contribution in [2.75, 3.05) is 18.0 Å². The van der Waals surface area contributed by atoms with Crippen molar-refractivity contribution < 1.29 is 9.59 Å². The average molecular weight is 289 g/mol. The lowest BCUT2D eigenvalue weighted by Crippen LogP contribution is -2.58. The van der Waals surface area contributed by atoms with Gasteiger partial charge in [-0.05, 0) is 31.5 Å². The highest BCUT2D eigenvalue weighted by molar-refractivity contribution is 6.04. The molecule has 0 spiro atoms. The number of amides is 2. The van der Waals surface area contributed by atoms with Crippen LogP contribution < -0.4 is 15.5 Å². The van der Waals surface area contributed by atoms with Gasteiger partial charge in [-0.25, -0.2) is 0 Å². The fraction of sp³-hybridized carbons (Fsp3) is 0.500. The standard InChI is InChI=1S/C16H23N3O2/c1-4-13-16(21)18-15(20)10-19(13)14-7-6-11(3)8-12(14)9-17-5-2/h6-8,13,17H,4-5,9-10H2,1-3H3,(H,18,20,21). The fourth-order valence-corrected chi connectivity index (χ4v) is 2.72. The van der Waals surface area contributed by atoms with Gasteiger partial charge in [-0.3, -0.25) is 14.9 Å². The number of nitrogens with zero attached hydrogens (tertiary/aromatic N) is 1. The lowest BCUT2D eigenvalue weighted by Gasteiger charge is -2.36. The number of nitrogens with one attached hydrogen (secondary N) is 2.